The highest BCUT2D eigenvalue weighted by Crippen LogP contribution is 2.45. The molecule has 178 valence electrons. The first-order valence-electron chi connectivity index (χ1n) is 8.75. The van der Waals surface area contributed by atoms with Gasteiger partial charge in [-0.25, -0.2) is 36.5 Å². The highest BCUT2D eigenvalue weighted by atomic mass is 17.1. The van der Waals surface area contributed by atoms with Crippen LogP contribution in [0, 0.1) is 0 Å². The predicted molar refractivity (Wildman–Crippen MR) is 104 cm³/mol. The zero-order valence-corrected chi connectivity index (χ0v) is 16.2. The number of amides is 1. The van der Waals surface area contributed by atoms with E-state index in [4.69, 9.17) is 31.5 Å². The first kappa shape index (κ1) is 22.6. The minimum Gasteiger partial charge on any atom is -0.494 e. The van der Waals surface area contributed by atoms with Crippen molar-refractivity contribution >= 4 is 11.6 Å². The predicted octanol–water partition coefficient (Wildman–Crippen LogP) is 2.49. The van der Waals surface area contributed by atoms with Gasteiger partial charge in [-0.1, -0.05) is 0 Å². The molecule has 0 saturated heterocycles. The molecule has 2 heterocycles. The van der Waals surface area contributed by atoms with Gasteiger partial charge in [0.1, 0.15) is 0 Å². The minimum atomic E-state index is -0.864. The maximum Gasteiger partial charge on any atom is 0.280 e. The molecule has 1 aromatic heterocycles. The lowest BCUT2D eigenvalue weighted by atomic mass is 9.99. The number of benzene rings is 2. The van der Waals surface area contributed by atoms with E-state index < -0.39 is 46.3 Å². The largest absolute Gasteiger partial charge is 0.494 e. The molecule has 34 heavy (non-hydrogen) atoms. The number of nitrogens with zero attached hydrogens (tertiary/aromatic N) is 1. The average molecular weight is 480 g/mol. The summed E-state index contributed by atoms with van der Waals surface area (Å²) in [5, 5.41) is 64.6. The van der Waals surface area contributed by atoms with Gasteiger partial charge in [-0.05, 0) is 24.3 Å². The summed E-state index contributed by atoms with van der Waals surface area (Å²) < 4.78 is 0. The smallest absolute Gasteiger partial charge is 0.280 e. The molecule has 0 bridgehead atoms. The molecule has 0 fully saturated rings. The van der Waals surface area contributed by atoms with E-state index in [-0.39, 0.29) is 33.7 Å². The molecule has 2 aromatic carbocycles. The van der Waals surface area contributed by atoms with Crippen molar-refractivity contribution in [1.29, 1.82) is 0 Å². The van der Waals surface area contributed by atoms with Gasteiger partial charge in [0, 0.05) is 11.1 Å². The Balaban J connectivity index is 1.89. The van der Waals surface area contributed by atoms with Gasteiger partial charge < -0.3 is 39.4 Å². The van der Waals surface area contributed by atoms with E-state index in [0.717, 1.165) is 24.3 Å². The van der Waals surface area contributed by atoms with E-state index in [2.05, 4.69) is 39.3 Å². The number of hydrogen-bond donors (Lipinski definition) is 8. The fourth-order valence-electron chi connectivity index (χ4n) is 3.46. The molecule has 1 aliphatic rings. The van der Waals surface area contributed by atoms with E-state index in [1.54, 1.807) is 0 Å². The van der Waals surface area contributed by atoms with E-state index in [1.807, 2.05) is 0 Å². The van der Waals surface area contributed by atoms with Crippen molar-refractivity contribution in [3.05, 3.63) is 41.0 Å². The van der Waals surface area contributed by atoms with Crippen molar-refractivity contribution in [3.63, 3.8) is 0 Å². The number of aromatic hydroxyl groups is 1. The number of rotatable bonds is 8. The number of aromatic nitrogens is 1. The fourth-order valence-corrected chi connectivity index (χ4v) is 3.46. The molecule has 8 N–H and O–H groups in total. The number of fused-ring (bicyclic) bond motifs is 1. The third-order valence-electron chi connectivity index (χ3n) is 4.82. The first-order chi connectivity index (χ1) is 16.4. The summed E-state index contributed by atoms with van der Waals surface area (Å²) in [6.07, 6.45) is 0. The average Bonchev–Trinajstić information content (AvgIpc) is 3.39. The molecular weight excluding hydrogens is 468 g/mol. The van der Waals surface area contributed by atoms with Crippen molar-refractivity contribution in [1.82, 2.24) is 4.98 Å². The summed E-state index contributed by atoms with van der Waals surface area (Å²) in [4.78, 5) is 43.4. The Morgan fingerprint density at radius 1 is 0.647 bits per heavy atom. The van der Waals surface area contributed by atoms with Gasteiger partial charge in [0.2, 0.25) is 23.0 Å². The summed E-state index contributed by atoms with van der Waals surface area (Å²) in [5.74, 6) is -4.80. The SMILES string of the molecule is O=C1N=C(c2cc(OO)c(OO)c(OO)c2)c2c(O)[nH]c(-c3cc(OO)c(OO)c(OO)c3)c21. The summed E-state index contributed by atoms with van der Waals surface area (Å²) in [5.41, 5.74) is -0.606. The van der Waals surface area contributed by atoms with Crippen LogP contribution in [0.2, 0.25) is 0 Å². The first-order valence-corrected chi connectivity index (χ1v) is 8.75. The van der Waals surface area contributed by atoms with E-state index in [1.165, 1.54) is 0 Å². The van der Waals surface area contributed by atoms with Crippen LogP contribution in [0.15, 0.2) is 29.3 Å². The standard InChI is InChI=1S/C18H12N2O14/c21-17-11-12(14(20-17)6-3-9(31-25)16(34-28)10(4-6)32-26)18(22)19-13(11)5-1-7(29-23)15(33-27)8(2-5)30-24/h1-4,19,22-28H. The Morgan fingerprint density at radius 2 is 1.09 bits per heavy atom. The Morgan fingerprint density at radius 3 is 1.50 bits per heavy atom. The molecule has 0 atom stereocenters. The molecular formula is C18H12N2O14. The van der Waals surface area contributed by atoms with Crippen molar-refractivity contribution in [2.75, 3.05) is 0 Å². The van der Waals surface area contributed by atoms with Crippen LogP contribution < -0.4 is 29.3 Å². The molecule has 4 rings (SSSR count). The minimum absolute atomic E-state index is 0.00182. The topological polar surface area (TPSA) is 242 Å². The molecule has 1 aliphatic heterocycles. The zero-order chi connectivity index (χ0) is 24.6. The van der Waals surface area contributed by atoms with Crippen LogP contribution in [-0.4, -0.2) is 53.3 Å². The number of nitrogens with one attached hydrogen (secondary N) is 1. The number of aliphatic imine (C=N–C) groups is 1. The van der Waals surface area contributed by atoms with Gasteiger partial charge in [0.15, 0.2) is 5.88 Å². The second kappa shape index (κ2) is 8.75. The van der Waals surface area contributed by atoms with Crippen LogP contribution in [-0.2, 0) is 0 Å². The summed E-state index contributed by atoms with van der Waals surface area (Å²) in [7, 11) is 0. The quantitative estimate of drug-likeness (QED) is 0.171. The number of aromatic amines is 1. The number of carbonyl (C=O) groups excluding carboxylic acids is 1. The van der Waals surface area contributed by atoms with Crippen molar-refractivity contribution in [2.45, 2.75) is 0 Å². The molecule has 16 nitrogen and oxygen atoms in total. The lowest BCUT2D eigenvalue weighted by Gasteiger charge is -2.10. The number of carbonyl (C=O) groups is 1. The molecule has 0 aliphatic carbocycles. The van der Waals surface area contributed by atoms with E-state index in [9.17, 15) is 9.90 Å². The monoisotopic (exact) mass is 480 g/mol. The molecule has 0 spiro atoms. The molecule has 0 saturated carbocycles. The lowest BCUT2D eigenvalue weighted by molar-refractivity contribution is -0.178. The van der Waals surface area contributed by atoms with Crippen LogP contribution >= 0.6 is 0 Å². The Hall–Kier alpha value is -4.58. The molecule has 0 radical (unpaired) electrons. The third kappa shape index (κ3) is 3.36. The zero-order valence-electron chi connectivity index (χ0n) is 16.2. The van der Waals surface area contributed by atoms with E-state index in [0.29, 0.717) is 0 Å². The molecule has 3 aromatic rings. The molecule has 1 amide bonds. The second-order valence-electron chi connectivity index (χ2n) is 6.52. The van der Waals surface area contributed by atoms with Crippen molar-refractivity contribution in [3.8, 4) is 51.6 Å². The Labute approximate surface area is 185 Å². The summed E-state index contributed by atoms with van der Waals surface area (Å²) in [6, 6.07) is 4.22. The van der Waals surface area contributed by atoms with Crippen LogP contribution in [0.25, 0.3) is 11.3 Å². The molecule has 0 unspecified atom stereocenters. The highest BCUT2D eigenvalue weighted by molar-refractivity contribution is 6.30. The number of H-pyrrole nitrogens is 1. The second-order valence-corrected chi connectivity index (χ2v) is 6.52. The van der Waals surface area contributed by atoms with Crippen LogP contribution in [0.3, 0.4) is 0 Å². The van der Waals surface area contributed by atoms with Gasteiger partial charge in [-0.2, -0.15) is 0 Å². The summed E-state index contributed by atoms with van der Waals surface area (Å²) in [6.45, 7) is 0. The fraction of sp³-hybridized carbons (Fsp3) is 0. The van der Waals surface area contributed by atoms with Crippen LogP contribution in [0.4, 0.5) is 0 Å². The highest BCUT2D eigenvalue weighted by Gasteiger charge is 2.35. The van der Waals surface area contributed by atoms with Gasteiger partial charge >= 0.3 is 0 Å². The van der Waals surface area contributed by atoms with E-state index >= 15 is 0 Å². The van der Waals surface area contributed by atoms with Gasteiger partial charge in [0.05, 0.1) is 22.5 Å². The Bertz CT molecular complexity index is 1260. The van der Waals surface area contributed by atoms with Crippen molar-refractivity contribution in [2.24, 2.45) is 4.99 Å². The van der Waals surface area contributed by atoms with Crippen molar-refractivity contribution < 1.29 is 70.8 Å². The number of hydrogen-bond acceptors (Lipinski definition) is 14. The van der Waals surface area contributed by atoms with Crippen LogP contribution in [0.5, 0.6) is 40.4 Å². The maximum atomic E-state index is 12.8. The normalized spacial score (nSPS) is 12.2. The summed E-state index contributed by atoms with van der Waals surface area (Å²) >= 11 is 0. The van der Waals surface area contributed by atoms with Gasteiger partial charge in [0.25, 0.3) is 17.4 Å². The van der Waals surface area contributed by atoms with Gasteiger partial charge in [-0.15, -0.1) is 0 Å². The lowest BCUT2D eigenvalue weighted by Crippen LogP contribution is -2.04. The molecule has 16 heteroatoms. The van der Waals surface area contributed by atoms with Gasteiger partial charge in [-0.3, -0.25) is 4.79 Å². The van der Waals surface area contributed by atoms with Crippen LogP contribution in [0.1, 0.15) is 21.5 Å². The third-order valence-corrected chi connectivity index (χ3v) is 4.82. The Kier molecular flexibility index (Phi) is 5.82. The maximum absolute atomic E-state index is 12.8.